The van der Waals surface area contributed by atoms with E-state index in [1.165, 1.54) is 4.90 Å². The van der Waals surface area contributed by atoms with E-state index in [0.29, 0.717) is 11.3 Å². The summed E-state index contributed by atoms with van der Waals surface area (Å²) >= 11 is 3.46. The van der Waals surface area contributed by atoms with Crippen LogP contribution in [-0.4, -0.2) is 41.2 Å². The van der Waals surface area contributed by atoms with Gasteiger partial charge >= 0.3 is 0 Å². The van der Waals surface area contributed by atoms with Crippen LogP contribution in [0.1, 0.15) is 22.3 Å². The Hall–Kier alpha value is -2.64. The fourth-order valence-corrected chi connectivity index (χ4v) is 3.94. The molecule has 6 nitrogen and oxygen atoms in total. The maximum atomic E-state index is 13.0. The minimum absolute atomic E-state index is 0.124. The first-order valence-corrected chi connectivity index (χ1v) is 10.5. The molecule has 0 aliphatic heterocycles. The van der Waals surface area contributed by atoms with Crippen LogP contribution in [-0.2, 0) is 17.8 Å². The van der Waals surface area contributed by atoms with Gasteiger partial charge in [-0.3, -0.25) is 9.59 Å². The first kappa shape index (κ1) is 22.1. The monoisotopic (exact) mass is 472 g/mol. The van der Waals surface area contributed by atoms with E-state index < -0.39 is 0 Å². The minimum atomic E-state index is -0.229. The average molecular weight is 473 g/mol. The third kappa shape index (κ3) is 4.91. The van der Waals surface area contributed by atoms with Crippen LogP contribution in [0.4, 0.5) is 0 Å². The van der Waals surface area contributed by atoms with E-state index in [1.54, 1.807) is 13.2 Å². The van der Waals surface area contributed by atoms with E-state index in [9.17, 15) is 14.7 Å². The predicted molar refractivity (Wildman–Crippen MR) is 121 cm³/mol. The number of nitrogens with zero attached hydrogens (tertiary/aromatic N) is 1. The zero-order valence-corrected chi connectivity index (χ0v) is 18.9. The van der Waals surface area contributed by atoms with Crippen molar-refractivity contribution >= 4 is 32.7 Å². The summed E-state index contributed by atoms with van der Waals surface area (Å²) in [6, 6.07) is 11.3. The van der Waals surface area contributed by atoms with Gasteiger partial charge in [0.1, 0.15) is 5.75 Å². The lowest BCUT2D eigenvalue weighted by atomic mass is 10.0. The molecule has 0 bridgehead atoms. The summed E-state index contributed by atoms with van der Waals surface area (Å²) in [4.78, 5) is 30.1. The van der Waals surface area contributed by atoms with Crippen LogP contribution in [0.5, 0.6) is 5.75 Å². The van der Waals surface area contributed by atoms with E-state index in [2.05, 4.69) is 20.9 Å². The molecule has 1 aromatic heterocycles. The number of amides is 1. The third-order valence-electron chi connectivity index (χ3n) is 5.05. The molecule has 0 atom stereocenters. The van der Waals surface area contributed by atoms with Gasteiger partial charge in [0.05, 0.1) is 32.2 Å². The van der Waals surface area contributed by atoms with Crippen molar-refractivity contribution in [1.29, 1.82) is 0 Å². The maximum Gasteiger partial charge on any atom is 0.253 e. The molecule has 0 unspecified atom stereocenters. The molecule has 158 valence electrons. The molecule has 7 heteroatoms. The number of carbonyl (C=O) groups excluding carboxylic acids is 1. The van der Waals surface area contributed by atoms with Crippen LogP contribution in [0.25, 0.3) is 10.9 Å². The van der Waals surface area contributed by atoms with Crippen molar-refractivity contribution in [2.75, 3.05) is 20.3 Å². The van der Waals surface area contributed by atoms with Gasteiger partial charge in [0.15, 0.2) is 0 Å². The average Bonchev–Trinajstić information content (AvgIpc) is 2.70. The standard InChI is InChI=1S/C23H25BrN2O4/c1-14-8-15(2)22-17(9-14)10-18(23(29)25-22)13-26(6-7-27)21(28)12-16-11-19(30-3)4-5-20(16)24/h4-5,8-11,27H,6-7,12-13H2,1-3H3,(H,25,29). The number of nitrogens with one attached hydrogen (secondary N) is 1. The number of methoxy groups -OCH3 is 1. The normalized spacial score (nSPS) is 11.0. The number of carbonyl (C=O) groups is 1. The quantitative estimate of drug-likeness (QED) is 0.551. The molecule has 2 aromatic carbocycles. The summed E-state index contributed by atoms with van der Waals surface area (Å²) < 4.78 is 6.04. The molecule has 0 saturated heterocycles. The van der Waals surface area contributed by atoms with Gasteiger partial charge in [0.2, 0.25) is 5.91 Å². The molecular formula is C23H25BrN2O4. The van der Waals surface area contributed by atoms with Gasteiger partial charge < -0.3 is 19.7 Å². The van der Waals surface area contributed by atoms with E-state index >= 15 is 0 Å². The Kier molecular flexibility index (Phi) is 6.95. The molecule has 30 heavy (non-hydrogen) atoms. The largest absolute Gasteiger partial charge is 0.497 e. The minimum Gasteiger partial charge on any atom is -0.497 e. The smallest absolute Gasteiger partial charge is 0.253 e. The van der Waals surface area contributed by atoms with Gasteiger partial charge in [-0.05, 0) is 60.7 Å². The molecule has 0 fully saturated rings. The SMILES string of the molecule is COc1ccc(Br)c(CC(=O)N(CCO)Cc2cc3cc(C)cc(C)c3[nH]c2=O)c1. The van der Waals surface area contributed by atoms with Gasteiger partial charge in [-0.2, -0.15) is 0 Å². The van der Waals surface area contributed by atoms with Crippen LogP contribution in [0.3, 0.4) is 0 Å². The zero-order chi connectivity index (χ0) is 21.8. The van der Waals surface area contributed by atoms with Crippen LogP contribution in [0.15, 0.2) is 45.7 Å². The Morgan fingerprint density at radius 3 is 2.63 bits per heavy atom. The highest BCUT2D eigenvalue weighted by Gasteiger charge is 2.18. The number of ether oxygens (including phenoxy) is 1. The number of hydrogen-bond acceptors (Lipinski definition) is 4. The summed E-state index contributed by atoms with van der Waals surface area (Å²) in [6.07, 6.45) is 0.126. The maximum absolute atomic E-state index is 13.0. The molecule has 3 rings (SSSR count). The topological polar surface area (TPSA) is 82.6 Å². The van der Waals surface area contributed by atoms with Crippen LogP contribution in [0, 0.1) is 13.8 Å². The second-order valence-corrected chi connectivity index (χ2v) is 8.20. The zero-order valence-electron chi connectivity index (χ0n) is 17.3. The van der Waals surface area contributed by atoms with Gasteiger partial charge in [-0.15, -0.1) is 0 Å². The molecule has 0 aliphatic carbocycles. The number of pyridine rings is 1. The molecule has 0 radical (unpaired) electrons. The van der Waals surface area contributed by atoms with Gasteiger partial charge in [-0.25, -0.2) is 0 Å². The molecule has 2 N–H and O–H groups in total. The number of aliphatic hydroxyl groups excluding tert-OH is 1. The van der Waals surface area contributed by atoms with E-state index in [4.69, 9.17) is 4.74 Å². The molecule has 0 spiro atoms. The van der Waals surface area contributed by atoms with Crippen molar-refractivity contribution < 1.29 is 14.6 Å². The Balaban J connectivity index is 1.89. The van der Waals surface area contributed by atoms with Crippen molar-refractivity contribution in [3.8, 4) is 5.75 Å². The first-order valence-electron chi connectivity index (χ1n) is 9.66. The second kappa shape index (κ2) is 9.45. The highest BCUT2D eigenvalue weighted by atomic mass is 79.9. The van der Waals surface area contributed by atoms with Crippen molar-refractivity contribution in [2.45, 2.75) is 26.8 Å². The van der Waals surface area contributed by atoms with Crippen molar-refractivity contribution in [3.63, 3.8) is 0 Å². The fraction of sp³-hybridized carbons (Fsp3) is 0.304. The Morgan fingerprint density at radius 2 is 1.93 bits per heavy atom. The lowest BCUT2D eigenvalue weighted by Gasteiger charge is -2.22. The summed E-state index contributed by atoms with van der Waals surface area (Å²) in [5, 5.41) is 10.4. The van der Waals surface area contributed by atoms with E-state index in [-0.39, 0.29) is 37.6 Å². The number of aliphatic hydroxyl groups is 1. The highest BCUT2D eigenvalue weighted by molar-refractivity contribution is 9.10. The number of aryl methyl sites for hydroxylation is 2. The summed E-state index contributed by atoms with van der Waals surface area (Å²) in [6.45, 7) is 4.04. The summed E-state index contributed by atoms with van der Waals surface area (Å²) in [5.41, 5.74) is 3.94. The van der Waals surface area contributed by atoms with E-state index in [1.807, 2.05) is 44.2 Å². The molecule has 3 aromatic rings. The van der Waals surface area contributed by atoms with Crippen molar-refractivity contribution in [2.24, 2.45) is 0 Å². The van der Waals surface area contributed by atoms with Gasteiger partial charge in [-0.1, -0.05) is 27.6 Å². The number of H-pyrrole nitrogens is 1. The van der Waals surface area contributed by atoms with Gasteiger partial charge in [0.25, 0.3) is 5.56 Å². The van der Waals surface area contributed by atoms with Crippen molar-refractivity contribution in [3.05, 3.63) is 73.5 Å². The number of aromatic nitrogens is 1. The lowest BCUT2D eigenvalue weighted by Crippen LogP contribution is -2.36. The van der Waals surface area contributed by atoms with Gasteiger partial charge in [0, 0.05) is 16.6 Å². The Labute approximate surface area is 183 Å². The Bertz CT molecular complexity index is 1140. The number of hydrogen-bond donors (Lipinski definition) is 2. The van der Waals surface area contributed by atoms with Crippen molar-refractivity contribution in [1.82, 2.24) is 9.88 Å². The summed E-state index contributed by atoms with van der Waals surface area (Å²) in [7, 11) is 1.57. The van der Waals surface area contributed by atoms with Crippen LogP contribution in [0.2, 0.25) is 0 Å². The molecule has 0 saturated carbocycles. The first-order chi connectivity index (χ1) is 14.3. The Morgan fingerprint density at radius 1 is 1.17 bits per heavy atom. The summed E-state index contributed by atoms with van der Waals surface area (Å²) in [5.74, 6) is 0.476. The highest BCUT2D eigenvalue weighted by Crippen LogP contribution is 2.24. The number of fused-ring (bicyclic) bond motifs is 1. The fourth-order valence-electron chi connectivity index (χ4n) is 3.56. The van der Waals surface area contributed by atoms with Crippen LogP contribution >= 0.6 is 15.9 Å². The number of aromatic amines is 1. The number of rotatable bonds is 7. The molecule has 0 aliphatic rings. The molecule has 1 heterocycles. The second-order valence-electron chi connectivity index (χ2n) is 7.34. The van der Waals surface area contributed by atoms with Crippen LogP contribution < -0.4 is 10.3 Å². The lowest BCUT2D eigenvalue weighted by molar-refractivity contribution is -0.131. The molecular weight excluding hydrogens is 448 g/mol. The predicted octanol–water partition coefficient (Wildman–Crippen LogP) is 3.48. The van der Waals surface area contributed by atoms with E-state index in [0.717, 1.165) is 32.1 Å². The number of benzene rings is 2. The third-order valence-corrected chi connectivity index (χ3v) is 5.82. The molecule has 1 amide bonds. The number of halogens is 1.